The first-order valence-corrected chi connectivity index (χ1v) is 21.7. The fourth-order valence-electron chi connectivity index (χ4n) is 9.59. The fourth-order valence-corrected chi connectivity index (χ4v) is 11.3. The Morgan fingerprint density at radius 1 is 0.963 bits per heavy atom. The van der Waals surface area contributed by atoms with Crippen LogP contribution < -0.4 is 5.32 Å². The number of hydrogen-bond donors (Lipinski definition) is 3. The molecule has 0 aliphatic heterocycles. The molecule has 3 N–H and O–H groups in total. The molecule has 0 bridgehead atoms. The molecular weight excluding hydrogens is 708 g/mol. The van der Waals surface area contributed by atoms with E-state index in [-0.39, 0.29) is 17.1 Å². The third kappa shape index (κ3) is 9.98. The van der Waals surface area contributed by atoms with Crippen LogP contribution in [0.4, 0.5) is 0 Å². The van der Waals surface area contributed by atoms with E-state index in [0.717, 1.165) is 58.3 Å². The second-order valence-corrected chi connectivity index (χ2v) is 18.6. The number of aryl methyl sites for hydroxylation is 1. The van der Waals surface area contributed by atoms with Crippen LogP contribution >= 0.6 is 23.4 Å². The van der Waals surface area contributed by atoms with E-state index in [1.165, 1.54) is 63.4 Å². The minimum Gasteiger partial charge on any atom is -0.481 e. The van der Waals surface area contributed by atoms with Gasteiger partial charge in [0.15, 0.2) is 0 Å². The van der Waals surface area contributed by atoms with Crippen molar-refractivity contribution in [3.8, 4) is 0 Å². The maximum Gasteiger partial charge on any atom is 0.303 e. The number of carboxylic acids is 1. The molecule has 7 heteroatoms. The van der Waals surface area contributed by atoms with Crippen molar-refractivity contribution in [2.45, 2.75) is 120 Å². The van der Waals surface area contributed by atoms with Crippen LogP contribution in [0.3, 0.4) is 0 Å². The summed E-state index contributed by atoms with van der Waals surface area (Å²) in [4.78, 5) is 17.2. The number of aliphatic hydroxyl groups is 1. The molecule has 5 atom stereocenters. The summed E-state index contributed by atoms with van der Waals surface area (Å²) in [5.74, 6) is 1.26. The average molecular weight is 766 g/mol. The van der Waals surface area contributed by atoms with Crippen LogP contribution in [0.5, 0.6) is 0 Å². The van der Waals surface area contributed by atoms with Gasteiger partial charge in [0.25, 0.3) is 0 Å². The van der Waals surface area contributed by atoms with Gasteiger partial charge in [0.05, 0.1) is 23.2 Å². The quantitative estimate of drug-likeness (QED) is 0.112. The Morgan fingerprint density at radius 3 is 2.57 bits per heavy atom. The number of pyridine rings is 1. The molecule has 286 valence electrons. The molecule has 4 aromatic rings. The molecule has 0 spiro atoms. The number of thioether (sulfide) groups is 1. The summed E-state index contributed by atoms with van der Waals surface area (Å²) in [7, 11) is 0. The maximum atomic E-state index is 12.4. The van der Waals surface area contributed by atoms with Crippen molar-refractivity contribution in [1.29, 1.82) is 0 Å². The topological polar surface area (TPSA) is 82.5 Å². The highest BCUT2D eigenvalue weighted by molar-refractivity contribution is 7.99. The van der Waals surface area contributed by atoms with Crippen molar-refractivity contribution in [1.82, 2.24) is 10.3 Å². The zero-order valence-corrected chi connectivity index (χ0v) is 33.6. The number of halogens is 1. The molecule has 0 amide bonds. The molecule has 3 aliphatic carbocycles. The lowest BCUT2D eigenvalue weighted by Gasteiger charge is -2.35. The second-order valence-electron chi connectivity index (χ2n) is 17.0. The van der Waals surface area contributed by atoms with Gasteiger partial charge < -0.3 is 15.5 Å². The second kappa shape index (κ2) is 17.3. The summed E-state index contributed by atoms with van der Waals surface area (Å²) >= 11 is 8.20. The predicted molar refractivity (Wildman–Crippen MR) is 226 cm³/mol. The number of aliphatic carboxylic acids is 1. The Kier molecular flexibility index (Phi) is 12.5. The van der Waals surface area contributed by atoms with Crippen molar-refractivity contribution in [2.75, 3.05) is 5.75 Å². The van der Waals surface area contributed by atoms with Crippen molar-refractivity contribution >= 4 is 52.4 Å². The van der Waals surface area contributed by atoms with Gasteiger partial charge in [0.1, 0.15) is 0 Å². The van der Waals surface area contributed by atoms with Gasteiger partial charge in [-0.05, 0) is 123 Å². The summed E-state index contributed by atoms with van der Waals surface area (Å²) in [6, 6.07) is 28.1. The maximum absolute atomic E-state index is 12.4. The molecule has 0 saturated heterocycles. The summed E-state index contributed by atoms with van der Waals surface area (Å²) < 4.78 is 0. The van der Waals surface area contributed by atoms with Crippen molar-refractivity contribution < 1.29 is 15.0 Å². The number of hydrogen-bond acceptors (Lipinski definition) is 5. The van der Waals surface area contributed by atoms with Crippen LogP contribution in [0.2, 0.25) is 5.02 Å². The number of benzene rings is 3. The molecule has 3 aromatic carbocycles. The lowest BCUT2D eigenvalue weighted by molar-refractivity contribution is -0.138. The number of carbonyl (C=O) groups is 1. The van der Waals surface area contributed by atoms with E-state index in [0.29, 0.717) is 28.9 Å². The Balaban J connectivity index is 1.10. The van der Waals surface area contributed by atoms with E-state index in [9.17, 15) is 15.0 Å². The Bertz CT molecular complexity index is 1930. The van der Waals surface area contributed by atoms with E-state index in [2.05, 4.69) is 59.9 Å². The summed E-state index contributed by atoms with van der Waals surface area (Å²) in [5.41, 5.74) is 5.15. The van der Waals surface area contributed by atoms with Gasteiger partial charge in [0.2, 0.25) is 0 Å². The van der Waals surface area contributed by atoms with Crippen LogP contribution in [0.15, 0.2) is 78.9 Å². The first kappa shape index (κ1) is 39.1. The number of aromatic nitrogens is 1. The summed E-state index contributed by atoms with van der Waals surface area (Å²) in [6.07, 6.45) is 18.8. The normalized spacial score (nSPS) is 24.2. The lowest BCUT2D eigenvalue weighted by Crippen LogP contribution is -2.42. The van der Waals surface area contributed by atoms with Gasteiger partial charge in [-0.3, -0.25) is 4.79 Å². The molecule has 1 aromatic heterocycles. The first-order valence-electron chi connectivity index (χ1n) is 20.3. The molecule has 1 heterocycles. The van der Waals surface area contributed by atoms with E-state index < -0.39 is 11.6 Å². The molecule has 5 nitrogen and oxygen atoms in total. The average Bonchev–Trinajstić information content (AvgIpc) is 3.87. The van der Waals surface area contributed by atoms with Gasteiger partial charge in [-0.25, -0.2) is 4.98 Å². The van der Waals surface area contributed by atoms with Gasteiger partial charge in [0, 0.05) is 33.5 Å². The Labute approximate surface area is 331 Å². The minimum atomic E-state index is -0.928. The fraction of sp³-hybridized carbons (Fsp3) is 0.489. The van der Waals surface area contributed by atoms with Crippen molar-refractivity contribution in [3.63, 3.8) is 0 Å². The third-order valence-corrected chi connectivity index (χ3v) is 14.3. The van der Waals surface area contributed by atoms with Crippen molar-refractivity contribution in [3.05, 3.63) is 112 Å². The molecule has 0 radical (unpaired) electrons. The minimum absolute atomic E-state index is 0.153. The molecule has 3 saturated carbocycles. The van der Waals surface area contributed by atoms with E-state index in [1.54, 1.807) is 0 Å². The highest BCUT2D eigenvalue weighted by Gasteiger charge is 2.58. The molecular formula is C47H57ClN2O3S. The number of nitrogens with zero attached hydrogens (tertiary/aromatic N) is 1. The van der Waals surface area contributed by atoms with Crippen LogP contribution in [-0.4, -0.2) is 39.0 Å². The van der Waals surface area contributed by atoms with Crippen LogP contribution in [0, 0.1) is 17.3 Å². The standard InChI is InChI=1S/C47H57ClN2O3S/c1-46(2,53)41-17-7-6-11-33(41)21-25-44(36-13-8-10-32(26-36)18-23-39-24-20-34-19-22-37(48)28-43(34)50-39)54-31-47(30-45(51)52)29-42(47)35-12-9-16-40(27-35)49-38-14-4-3-5-15-38/h6-8,10-11,13,17-20,22-24,26,28,35,38,40,42,44,49,53H,3-5,9,12,14-16,21,25,27,29-31H2,1-2H3,(H,51,52)/b23-18+/t35?,40?,42?,44-,47?/m1/s1. The zero-order valence-electron chi connectivity index (χ0n) is 32.0. The van der Waals surface area contributed by atoms with E-state index >= 15 is 0 Å². The SMILES string of the molecule is CC(C)(O)c1ccccc1CC[C@@H](SCC1(CC(=O)O)CC1C1CCCC(NC2CCCCC2)C1)c1cccc(/C=C/c2ccc3ccc(Cl)cc3n2)c1. The van der Waals surface area contributed by atoms with Gasteiger partial charge in [-0.15, -0.1) is 0 Å². The molecule has 4 unspecified atom stereocenters. The Morgan fingerprint density at radius 2 is 1.76 bits per heavy atom. The molecule has 7 rings (SSSR count). The van der Waals surface area contributed by atoms with Crippen molar-refractivity contribution in [2.24, 2.45) is 17.3 Å². The van der Waals surface area contributed by atoms with E-state index in [1.807, 2.05) is 62.0 Å². The largest absolute Gasteiger partial charge is 0.481 e. The predicted octanol–water partition coefficient (Wildman–Crippen LogP) is 11.7. The molecule has 3 aliphatic rings. The number of carboxylic acid groups (broad SMARTS) is 1. The zero-order chi connectivity index (χ0) is 37.7. The van der Waals surface area contributed by atoms with Crippen LogP contribution in [0.25, 0.3) is 23.1 Å². The molecule has 3 fully saturated rings. The smallest absolute Gasteiger partial charge is 0.303 e. The number of rotatable bonds is 15. The first-order chi connectivity index (χ1) is 26.0. The summed E-state index contributed by atoms with van der Waals surface area (Å²) in [5, 5.41) is 27.2. The third-order valence-electron chi connectivity index (χ3n) is 12.4. The highest BCUT2D eigenvalue weighted by Crippen LogP contribution is 2.63. The monoisotopic (exact) mass is 764 g/mol. The molecule has 54 heavy (non-hydrogen) atoms. The number of nitrogens with one attached hydrogen (secondary N) is 1. The Hall–Kier alpha value is -3.16. The summed E-state index contributed by atoms with van der Waals surface area (Å²) in [6.45, 7) is 3.71. The van der Waals surface area contributed by atoms with Crippen LogP contribution in [0.1, 0.15) is 124 Å². The van der Waals surface area contributed by atoms with Gasteiger partial charge in [-0.2, -0.15) is 11.8 Å². The van der Waals surface area contributed by atoms with Gasteiger partial charge >= 0.3 is 5.97 Å². The van der Waals surface area contributed by atoms with Gasteiger partial charge in [-0.1, -0.05) is 110 Å². The lowest BCUT2D eigenvalue weighted by atomic mass is 9.79. The van der Waals surface area contributed by atoms with Crippen LogP contribution in [-0.2, 0) is 16.8 Å². The van der Waals surface area contributed by atoms with E-state index in [4.69, 9.17) is 16.6 Å². The highest BCUT2D eigenvalue weighted by atomic mass is 35.5. The number of fused-ring (bicyclic) bond motifs is 1.